The Morgan fingerprint density at radius 1 is 1.12 bits per heavy atom. The van der Waals surface area contributed by atoms with E-state index in [0.717, 1.165) is 24.8 Å². The van der Waals surface area contributed by atoms with E-state index in [1.807, 2.05) is 12.1 Å². The average molecular weight is 486 g/mol. The lowest BCUT2D eigenvalue weighted by molar-refractivity contribution is 0.0528. The van der Waals surface area contributed by atoms with Gasteiger partial charge in [-0.3, -0.25) is 14.8 Å². The minimum absolute atomic E-state index is 0.200. The van der Waals surface area contributed by atoms with E-state index in [1.54, 1.807) is 13.0 Å². The van der Waals surface area contributed by atoms with Gasteiger partial charge in [-0.1, -0.05) is 6.07 Å². The zero-order valence-electron chi connectivity index (χ0n) is 19.0. The van der Waals surface area contributed by atoms with Crippen molar-refractivity contribution < 1.29 is 17.9 Å². The molecule has 0 bridgehead atoms. The molecule has 2 aliphatic rings. The Morgan fingerprint density at radius 2 is 1.88 bits per heavy atom. The number of H-pyrrole nitrogens is 1. The van der Waals surface area contributed by atoms with Crippen molar-refractivity contribution in [3.05, 3.63) is 63.2 Å². The molecule has 1 aromatic carbocycles. The van der Waals surface area contributed by atoms with Gasteiger partial charge in [0.05, 0.1) is 17.2 Å². The van der Waals surface area contributed by atoms with E-state index < -0.39 is 16.0 Å². The highest BCUT2D eigenvalue weighted by Gasteiger charge is 2.29. The van der Waals surface area contributed by atoms with Gasteiger partial charge in [0.15, 0.2) is 5.65 Å². The fraction of sp³-hybridized carbons (Fsp3) is 0.435. The molecule has 1 fully saturated rings. The summed E-state index contributed by atoms with van der Waals surface area (Å²) in [6.45, 7) is 4.07. The van der Waals surface area contributed by atoms with E-state index in [4.69, 9.17) is 4.74 Å². The summed E-state index contributed by atoms with van der Waals surface area (Å²) in [5.41, 5.74) is 3.00. The van der Waals surface area contributed by atoms with E-state index in [2.05, 4.69) is 15.0 Å². The van der Waals surface area contributed by atoms with Gasteiger partial charge in [0, 0.05) is 45.0 Å². The maximum atomic E-state index is 13.2. The van der Waals surface area contributed by atoms with Crippen molar-refractivity contribution in [1.29, 1.82) is 0 Å². The highest BCUT2D eigenvalue weighted by molar-refractivity contribution is 7.89. The van der Waals surface area contributed by atoms with Crippen molar-refractivity contribution >= 4 is 21.6 Å². The molecular formula is C23H27N5O5S. The molecule has 1 saturated heterocycles. The summed E-state index contributed by atoms with van der Waals surface area (Å²) in [4.78, 5) is 31.6. The van der Waals surface area contributed by atoms with Gasteiger partial charge in [0.2, 0.25) is 10.0 Å². The minimum Gasteiger partial charge on any atom is -0.462 e. The number of nitrogens with zero attached hydrogens (tertiary/aromatic N) is 4. The van der Waals surface area contributed by atoms with Gasteiger partial charge in [0.25, 0.3) is 5.56 Å². The second-order valence-electron chi connectivity index (χ2n) is 8.62. The largest absolute Gasteiger partial charge is 0.462 e. The van der Waals surface area contributed by atoms with Gasteiger partial charge in [-0.25, -0.2) is 22.7 Å². The van der Waals surface area contributed by atoms with Crippen molar-refractivity contribution in [2.24, 2.45) is 0 Å². The van der Waals surface area contributed by atoms with Gasteiger partial charge in [-0.05, 0) is 49.4 Å². The summed E-state index contributed by atoms with van der Waals surface area (Å²) in [6.07, 6.45) is 4.43. The van der Waals surface area contributed by atoms with Crippen LogP contribution < -0.4 is 5.56 Å². The lowest BCUT2D eigenvalue weighted by Crippen LogP contribution is -2.48. The van der Waals surface area contributed by atoms with Crippen molar-refractivity contribution in [2.45, 2.75) is 37.6 Å². The number of aromatic amines is 1. The summed E-state index contributed by atoms with van der Waals surface area (Å²) in [5, 5.41) is 2.73. The number of aromatic nitrogens is 3. The first-order valence-electron chi connectivity index (χ1n) is 11.5. The van der Waals surface area contributed by atoms with E-state index in [9.17, 15) is 18.0 Å². The Morgan fingerprint density at radius 3 is 2.65 bits per heavy atom. The number of piperazine rings is 1. The molecule has 0 unspecified atom stereocenters. The van der Waals surface area contributed by atoms with Crippen LogP contribution in [0.2, 0.25) is 0 Å². The number of sulfonamides is 1. The molecule has 11 heteroatoms. The molecule has 180 valence electrons. The third kappa shape index (κ3) is 4.15. The molecule has 1 aliphatic carbocycles. The SMILES string of the molecule is CCOC(=O)c1c[nH]n2c(=O)cc(CN3CCN(S(=O)(=O)c4ccc5c(c4)CCC5)CC3)nc12. The van der Waals surface area contributed by atoms with Crippen molar-refractivity contribution in [3.63, 3.8) is 0 Å². The quantitative estimate of drug-likeness (QED) is 0.521. The number of aryl methyl sites for hydroxylation is 2. The van der Waals surface area contributed by atoms with Gasteiger partial charge in [-0.15, -0.1) is 0 Å². The zero-order valence-corrected chi connectivity index (χ0v) is 19.8. The van der Waals surface area contributed by atoms with E-state index in [0.29, 0.717) is 43.3 Å². The Bertz CT molecular complexity index is 1400. The normalized spacial score (nSPS) is 17.2. The standard InChI is InChI=1S/C23H27N5O5S/c1-2-33-23(30)20-14-24-28-21(29)13-18(25-22(20)28)15-26-8-10-27(11-9-26)34(31,32)19-7-6-16-4-3-5-17(16)12-19/h6-7,12-14,24H,2-5,8-11,15H2,1H3. The number of carbonyl (C=O) groups excluding carboxylic acids is 1. The predicted molar refractivity (Wildman–Crippen MR) is 124 cm³/mol. The summed E-state index contributed by atoms with van der Waals surface area (Å²) in [6, 6.07) is 6.91. The molecule has 0 radical (unpaired) electrons. The number of rotatable bonds is 6. The third-order valence-electron chi connectivity index (χ3n) is 6.47. The van der Waals surface area contributed by atoms with Crippen LogP contribution in [0.4, 0.5) is 0 Å². The molecule has 3 heterocycles. The average Bonchev–Trinajstić information content (AvgIpc) is 3.46. The van der Waals surface area contributed by atoms with Crippen LogP contribution in [0.5, 0.6) is 0 Å². The molecule has 34 heavy (non-hydrogen) atoms. The van der Waals surface area contributed by atoms with Gasteiger partial charge in [0.1, 0.15) is 5.56 Å². The molecule has 3 aromatic rings. The van der Waals surface area contributed by atoms with Crippen LogP contribution in [0.3, 0.4) is 0 Å². The van der Waals surface area contributed by atoms with Crippen LogP contribution in [0.25, 0.3) is 5.65 Å². The number of fused-ring (bicyclic) bond motifs is 2. The predicted octanol–water partition coefficient (Wildman–Crippen LogP) is 1.19. The zero-order chi connectivity index (χ0) is 23.9. The highest BCUT2D eigenvalue weighted by Crippen LogP contribution is 2.27. The molecule has 2 aromatic heterocycles. The smallest absolute Gasteiger partial charge is 0.343 e. The van der Waals surface area contributed by atoms with Gasteiger partial charge in [-0.2, -0.15) is 4.31 Å². The molecule has 5 rings (SSSR count). The first kappa shape index (κ1) is 22.8. The first-order valence-corrected chi connectivity index (χ1v) is 12.9. The molecular weight excluding hydrogens is 458 g/mol. The van der Waals surface area contributed by atoms with Crippen LogP contribution >= 0.6 is 0 Å². The molecule has 0 saturated carbocycles. The van der Waals surface area contributed by atoms with E-state index in [1.165, 1.54) is 26.6 Å². The van der Waals surface area contributed by atoms with Crippen LogP contribution in [0.1, 0.15) is 40.5 Å². The summed E-state index contributed by atoms with van der Waals surface area (Å²) in [7, 11) is -3.55. The second-order valence-corrected chi connectivity index (χ2v) is 10.6. The van der Waals surface area contributed by atoms with E-state index in [-0.39, 0.29) is 23.4 Å². The molecule has 0 amide bonds. The number of hydrogen-bond donors (Lipinski definition) is 1. The molecule has 10 nitrogen and oxygen atoms in total. The molecule has 1 aliphatic heterocycles. The maximum absolute atomic E-state index is 13.2. The Labute approximate surface area is 197 Å². The number of hydrogen-bond acceptors (Lipinski definition) is 7. The number of esters is 1. The second kappa shape index (κ2) is 8.97. The van der Waals surface area contributed by atoms with Gasteiger partial charge < -0.3 is 4.74 Å². The summed E-state index contributed by atoms with van der Waals surface area (Å²) in [5.74, 6) is -0.546. The Hall–Kier alpha value is -3.02. The topological polar surface area (TPSA) is 117 Å². The Kier molecular flexibility index (Phi) is 6.00. The molecule has 1 N–H and O–H groups in total. The number of ether oxygens (including phenoxy) is 1. The minimum atomic E-state index is -3.55. The lowest BCUT2D eigenvalue weighted by Gasteiger charge is -2.33. The number of nitrogens with one attached hydrogen (secondary N) is 1. The fourth-order valence-electron chi connectivity index (χ4n) is 4.68. The molecule has 0 spiro atoms. The van der Waals surface area contributed by atoms with Crippen molar-refractivity contribution in [3.8, 4) is 0 Å². The summed E-state index contributed by atoms with van der Waals surface area (Å²) >= 11 is 0. The lowest BCUT2D eigenvalue weighted by atomic mass is 10.1. The summed E-state index contributed by atoms with van der Waals surface area (Å²) < 4.78 is 34.1. The van der Waals surface area contributed by atoms with E-state index >= 15 is 0 Å². The van der Waals surface area contributed by atoms with Gasteiger partial charge >= 0.3 is 5.97 Å². The van der Waals surface area contributed by atoms with Crippen LogP contribution in [-0.4, -0.2) is 71.0 Å². The first-order chi connectivity index (χ1) is 16.4. The highest BCUT2D eigenvalue weighted by atomic mass is 32.2. The van der Waals surface area contributed by atoms with Crippen LogP contribution in [0, 0.1) is 0 Å². The third-order valence-corrected chi connectivity index (χ3v) is 8.37. The maximum Gasteiger partial charge on any atom is 0.343 e. The van der Waals surface area contributed by atoms with Crippen LogP contribution in [-0.2, 0) is 34.1 Å². The molecule has 0 atom stereocenters. The fourth-order valence-corrected chi connectivity index (χ4v) is 6.16. The van der Waals surface area contributed by atoms with Crippen molar-refractivity contribution in [2.75, 3.05) is 32.8 Å². The monoisotopic (exact) mass is 485 g/mol. The number of carbonyl (C=O) groups is 1. The van der Waals surface area contributed by atoms with Crippen LogP contribution in [0.15, 0.2) is 40.2 Å². The Balaban J connectivity index is 1.28. The number of benzene rings is 1. The van der Waals surface area contributed by atoms with Crippen molar-refractivity contribution in [1.82, 2.24) is 23.8 Å².